The van der Waals surface area contributed by atoms with Gasteiger partial charge in [-0.25, -0.2) is 4.98 Å². The molecule has 0 bridgehead atoms. The number of aliphatic hydroxyl groups excluding tert-OH is 1. The predicted molar refractivity (Wildman–Crippen MR) is 143 cm³/mol. The van der Waals surface area contributed by atoms with E-state index in [-0.39, 0.29) is 11.3 Å². The normalized spacial score (nSPS) is 15.8. The average molecular weight is 511 g/mol. The molecule has 0 saturated heterocycles. The number of amides is 1. The Morgan fingerprint density at radius 1 is 1.05 bits per heavy atom. The number of Topliss-reactive ketones (excluding diaryl/α,β-unsaturated/α-hetero) is 1. The Kier molecular flexibility index (Phi) is 5.35. The van der Waals surface area contributed by atoms with Gasteiger partial charge in [-0.1, -0.05) is 59.4 Å². The van der Waals surface area contributed by atoms with E-state index < -0.39 is 23.5 Å². The zero-order valence-electron chi connectivity index (χ0n) is 20.3. The molecule has 0 spiro atoms. The van der Waals surface area contributed by atoms with Crippen molar-refractivity contribution in [3.63, 3.8) is 0 Å². The number of ether oxygens (including phenoxy) is 1. The second kappa shape index (κ2) is 8.60. The van der Waals surface area contributed by atoms with E-state index in [1.54, 1.807) is 24.3 Å². The van der Waals surface area contributed by atoms with Crippen molar-refractivity contribution in [3.8, 4) is 5.75 Å². The minimum Gasteiger partial charge on any atom is -0.503 e. The monoisotopic (exact) mass is 510 g/mol. The van der Waals surface area contributed by atoms with Crippen molar-refractivity contribution in [1.82, 2.24) is 4.98 Å². The van der Waals surface area contributed by atoms with Crippen LogP contribution in [-0.2, 0) is 4.79 Å². The van der Waals surface area contributed by atoms with Gasteiger partial charge in [-0.3, -0.25) is 14.5 Å². The van der Waals surface area contributed by atoms with Crippen LogP contribution in [0.5, 0.6) is 5.75 Å². The van der Waals surface area contributed by atoms with Gasteiger partial charge in [-0.2, -0.15) is 0 Å². The maximum Gasteiger partial charge on any atom is 0.296 e. The molecule has 0 saturated carbocycles. The number of carbonyl (C=O) groups excluding carboxylic acids is 2. The van der Waals surface area contributed by atoms with E-state index in [2.05, 4.69) is 4.98 Å². The second-order valence-corrected chi connectivity index (χ2v) is 10.0. The molecule has 1 unspecified atom stereocenters. The quantitative estimate of drug-likeness (QED) is 0.273. The third-order valence-electron chi connectivity index (χ3n) is 6.54. The maximum atomic E-state index is 13.9. The summed E-state index contributed by atoms with van der Waals surface area (Å²) in [5.74, 6) is -1.38. The highest BCUT2D eigenvalue weighted by atomic mass is 32.1. The lowest BCUT2D eigenvalue weighted by atomic mass is 9.94. The molecule has 1 N–H and O–H groups in total. The molecule has 3 aromatic carbocycles. The van der Waals surface area contributed by atoms with Gasteiger partial charge in [0.25, 0.3) is 5.91 Å². The first kappa shape index (κ1) is 23.0. The Labute approximate surface area is 216 Å². The highest BCUT2D eigenvalue weighted by Gasteiger charge is 2.46. The van der Waals surface area contributed by atoms with E-state index in [1.165, 1.54) is 23.3 Å². The summed E-state index contributed by atoms with van der Waals surface area (Å²) in [6.45, 7) is 3.94. The Morgan fingerprint density at radius 3 is 2.57 bits per heavy atom. The van der Waals surface area contributed by atoms with Crippen LogP contribution in [0.4, 0.5) is 5.13 Å². The fourth-order valence-corrected chi connectivity index (χ4v) is 5.75. The van der Waals surface area contributed by atoms with Crippen LogP contribution in [0.3, 0.4) is 0 Å². The number of hydrogen-bond donors (Lipinski definition) is 1. The molecule has 37 heavy (non-hydrogen) atoms. The minimum absolute atomic E-state index is 0.00716. The van der Waals surface area contributed by atoms with Gasteiger partial charge in [0.05, 0.1) is 28.9 Å². The SMILES string of the molecule is COc1cccc2cc(C(=O)C3=C(O)C(=O)N(c4nc5ccc(C)cc5s4)C3c3ccc(C)cc3)oc12. The third kappa shape index (κ3) is 3.68. The zero-order chi connectivity index (χ0) is 25.8. The maximum absolute atomic E-state index is 13.9. The molecule has 3 heterocycles. The Bertz CT molecular complexity index is 1750. The van der Waals surface area contributed by atoms with E-state index in [1.807, 2.05) is 56.3 Å². The van der Waals surface area contributed by atoms with Crippen LogP contribution >= 0.6 is 11.3 Å². The number of nitrogens with zero attached hydrogens (tertiary/aromatic N) is 2. The molecule has 5 aromatic rings. The van der Waals surface area contributed by atoms with Crippen LogP contribution in [0.15, 0.2) is 82.5 Å². The first-order valence-corrected chi connectivity index (χ1v) is 12.5. The molecule has 8 heteroatoms. The molecule has 6 rings (SSSR count). The molecule has 0 fully saturated rings. The summed E-state index contributed by atoms with van der Waals surface area (Å²) in [5, 5.41) is 12.2. The summed E-state index contributed by atoms with van der Waals surface area (Å²) >= 11 is 1.34. The third-order valence-corrected chi connectivity index (χ3v) is 7.55. The molecule has 0 aliphatic carbocycles. The molecule has 184 valence electrons. The van der Waals surface area contributed by atoms with Crippen molar-refractivity contribution >= 4 is 49.3 Å². The predicted octanol–water partition coefficient (Wildman–Crippen LogP) is 6.45. The van der Waals surface area contributed by atoms with Crippen molar-refractivity contribution in [2.45, 2.75) is 19.9 Å². The number of rotatable bonds is 5. The first-order chi connectivity index (χ1) is 17.9. The molecule has 1 amide bonds. The average Bonchev–Trinajstić information content (AvgIpc) is 3.58. The van der Waals surface area contributed by atoms with Gasteiger partial charge in [-0.05, 0) is 49.2 Å². The molecule has 1 aliphatic rings. The molecule has 7 nitrogen and oxygen atoms in total. The van der Waals surface area contributed by atoms with Gasteiger partial charge in [0.2, 0.25) is 5.78 Å². The Hall–Kier alpha value is -4.43. The summed E-state index contributed by atoms with van der Waals surface area (Å²) < 4.78 is 12.2. The van der Waals surface area contributed by atoms with E-state index in [0.29, 0.717) is 27.4 Å². The minimum atomic E-state index is -0.877. The Balaban J connectivity index is 1.51. The van der Waals surface area contributed by atoms with Gasteiger partial charge in [-0.15, -0.1) is 0 Å². The number of thiazole rings is 1. The highest BCUT2D eigenvalue weighted by molar-refractivity contribution is 7.22. The lowest BCUT2D eigenvalue weighted by molar-refractivity contribution is -0.117. The fourth-order valence-electron chi connectivity index (χ4n) is 4.66. The van der Waals surface area contributed by atoms with Gasteiger partial charge < -0.3 is 14.3 Å². The molecular formula is C29H22N2O5S. The summed E-state index contributed by atoms with van der Waals surface area (Å²) in [5.41, 5.74) is 3.88. The molecule has 0 radical (unpaired) electrons. The van der Waals surface area contributed by atoms with Crippen molar-refractivity contribution in [1.29, 1.82) is 0 Å². The lowest BCUT2D eigenvalue weighted by Gasteiger charge is -2.24. The molecule has 2 aromatic heterocycles. The van der Waals surface area contributed by atoms with E-state index in [9.17, 15) is 14.7 Å². The van der Waals surface area contributed by atoms with Crippen molar-refractivity contribution in [3.05, 3.63) is 101 Å². The largest absolute Gasteiger partial charge is 0.503 e. The van der Waals surface area contributed by atoms with Crippen LogP contribution in [0, 0.1) is 13.8 Å². The van der Waals surface area contributed by atoms with Crippen LogP contribution in [0.25, 0.3) is 21.2 Å². The number of aromatic nitrogens is 1. The molecule has 1 atom stereocenters. The number of benzene rings is 3. The number of fused-ring (bicyclic) bond motifs is 2. The summed E-state index contributed by atoms with van der Waals surface area (Å²) in [4.78, 5) is 33.4. The number of anilines is 1. The van der Waals surface area contributed by atoms with E-state index in [0.717, 1.165) is 21.3 Å². The fraction of sp³-hybridized carbons (Fsp3) is 0.138. The lowest BCUT2D eigenvalue weighted by Crippen LogP contribution is -2.30. The van der Waals surface area contributed by atoms with Gasteiger partial charge in [0, 0.05) is 5.39 Å². The number of para-hydroxylation sites is 1. The molecular weight excluding hydrogens is 488 g/mol. The number of furan rings is 1. The van der Waals surface area contributed by atoms with Gasteiger partial charge in [0.1, 0.15) is 0 Å². The standard InChI is InChI=1S/C29H22N2O5S/c1-15-7-10-17(11-8-15)24-23(25(32)21-14-18-5-4-6-20(35-3)27(18)36-21)26(33)28(34)31(24)29-30-19-12-9-16(2)13-22(19)37-29/h4-14,24,33H,1-3H3. The van der Waals surface area contributed by atoms with Crippen LogP contribution in [0.1, 0.15) is 33.3 Å². The number of ketones is 1. The van der Waals surface area contributed by atoms with Crippen LogP contribution < -0.4 is 9.64 Å². The number of hydrogen-bond acceptors (Lipinski definition) is 7. The summed E-state index contributed by atoms with van der Waals surface area (Å²) in [6, 6.07) is 19.4. The second-order valence-electron chi connectivity index (χ2n) is 9.04. The van der Waals surface area contributed by atoms with E-state index >= 15 is 0 Å². The van der Waals surface area contributed by atoms with Crippen molar-refractivity contribution in [2.24, 2.45) is 0 Å². The smallest absolute Gasteiger partial charge is 0.296 e. The number of carbonyl (C=O) groups is 2. The summed E-state index contributed by atoms with van der Waals surface area (Å²) in [6.07, 6.45) is 0. The van der Waals surface area contributed by atoms with Crippen LogP contribution in [-0.4, -0.2) is 28.9 Å². The summed E-state index contributed by atoms with van der Waals surface area (Å²) in [7, 11) is 1.52. The zero-order valence-corrected chi connectivity index (χ0v) is 21.1. The van der Waals surface area contributed by atoms with Crippen molar-refractivity contribution in [2.75, 3.05) is 12.0 Å². The number of methoxy groups -OCH3 is 1. The highest BCUT2D eigenvalue weighted by Crippen LogP contribution is 2.44. The van der Waals surface area contributed by atoms with Gasteiger partial charge >= 0.3 is 0 Å². The van der Waals surface area contributed by atoms with Crippen LogP contribution in [0.2, 0.25) is 0 Å². The molecule has 1 aliphatic heterocycles. The first-order valence-electron chi connectivity index (χ1n) is 11.7. The number of aliphatic hydroxyl groups is 1. The number of aryl methyl sites for hydroxylation is 2. The van der Waals surface area contributed by atoms with E-state index in [4.69, 9.17) is 9.15 Å². The van der Waals surface area contributed by atoms with Gasteiger partial charge in [0.15, 0.2) is 28.0 Å². The Morgan fingerprint density at radius 2 is 1.81 bits per heavy atom. The van der Waals surface area contributed by atoms with Crippen molar-refractivity contribution < 1.29 is 23.8 Å². The topological polar surface area (TPSA) is 92.9 Å².